The molecule has 0 saturated carbocycles. The molecule has 0 aliphatic rings. The zero-order chi connectivity index (χ0) is 17.4. The van der Waals surface area contributed by atoms with Gasteiger partial charge in [0, 0.05) is 11.6 Å². The fourth-order valence-electron chi connectivity index (χ4n) is 2.14. The molecule has 0 fully saturated rings. The predicted octanol–water partition coefficient (Wildman–Crippen LogP) is 2.86. The van der Waals surface area contributed by atoms with Gasteiger partial charge in [0.25, 0.3) is 0 Å². The van der Waals surface area contributed by atoms with Gasteiger partial charge in [-0.25, -0.2) is 18.2 Å². The second-order valence-electron chi connectivity index (χ2n) is 4.78. The highest BCUT2D eigenvalue weighted by molar-refractivity contribution is 6.10. The molecule has 1 N–H and O–H groups in total. The van der Waals surface area contributed by atoms with Gasteiger partial charge >= 0.3 is 0 Å². The summed E-state index contributed by atoms with van der Waals surface area (Å²) < 4.78 is 41.0. The molecule has 2 aromatic carbocycles. The first-order valence-electron chi connectivity index (χ1n) is 6.50. The van der Waals surface area contributed by atoms with E-state index in [4.69, 9.17) is 5.26 Å². The first-order chi connectivity index (χ1) is 11.4. The van der Waals surface area contributed by atoms with Crippen molar-refractivity contribution in [3.63, 3.8) is 0 Å². The first kappa shape index (κ1) is 15.4. The topological polar surface area (TPSA) is 86.9 Å². The lowest BCUT2D eigenvalue weighted by Gasteiger charge is -2.07. The molecule has 0 atom stereocenters. The molecular weight excluding hydrogens is 323 g/mol. The molecule has 0 unspecified atom stereocenters. The maximum Gasteiger partial charge on any atom is 0.199 e. The van der Waals surface area contributed by atoms with Gasteiger partial charge in [0.15, 0.2) is 34.7 Å². The van der Waals surface area contributed by atoms with Crippen LogP contribution in [0.1, 0.15) is 21.6 Å². The average Bonchev–Trinajstić information content (AvgIpc) is 2.59. The number of aromatic hydroxyl groups is 1. The quantitative estimate of drug-likeness (QED) is 0.577. The van der Waals surface area contributed by atoms with Gasteiger partial charge in [-0.15, -0.1) is 0 Å². The summed E-state index contributed by atoms with van der Waals surface area (Å²) in [7, 11) is 0. The molecule has 0 radical (unpaired) electrons. The second kappa shape index (κ2) is 5.62. The lowest BCUT2D eigenvalue weighted by molar-refractivity contribution is 0.102. The molecule has 5 nitrogen and oxygen atoms in total. The van der Waals surface area contributed by atoms with Gasteiger partial charge in [-0.2, -0.15) is 5.26 Å². The van der Waals surface area contributed by atoms with Crippen molar-refractivity contribution < 1.29 is 23.1 Å². The molecule has 0 bridgehead atoms. The van der Waals surface area contributed by atoms with Crippen LogP contribution in [-0.4, -0.2) is 20.9 Å². The molecule has 1 heterocycles. The number of halogens is 3. The van der Waals surface area contributed by atoms with Crippen molar-refractivity contribution >= 4 is 16.8 Å². The summed E-state index contributed by atoms with van der Waals surface area (Å²) in [5.41, 5.74) is -0.909. The lowest BCUT2D eigenvalue weighted by atomic mass is 10.0. The number of benzene rings is 2. The highest BCUT2D eigenvalue weighted by Crippen LogP contribution is 2.27. The number of hydrogen-bond donors (Lipinski definition) is 1. The number of ketones is 1. The van der Waals surface area contributed by atoms with Crippen LogP contribution in [0.4, 0.5) is 13.2 Å². The van der Waals surface area contributed by atoms with E-state index >= 15 is 0 Å². The summed E-state index contributed by atoms with van der Waals surface area (Å²) in [6.45, 7) is 0. The van der Waals surface area contributed by atoms with Gasteiger partial charge < -0.3 is 5.11 Å². The Balaban J connectivity index is 2.18. The van der Waals surface area contributed by atoms with E-state index in [2.05, 4.69) is 9.97 Å². The van der Waals surface area contributed by atoms with E-state index < -0.39 is 34.5 Å². The van der Waals surface area contributed by atoms with Gasteiger partial charge in [0.05, 0.1) is 17.2 Å². The number of carbonyl (C=O) groups is 1. The van der Waals surface area contributed by atoms with E-state index in [0.717, 1.165) is 0 Å². The summed E-state index contributed by atoms with van der Waals surface area (Å²) in [4.78, 5) is 20.2. The monoisotopic (exact) mass is 329 g/mol. The third-order valence-corrected chi connectivity index (χ3v) is 3.28. The highest BCUT2D eigenvalue weighted by atomic mass is 19.2. The molecule has 0 spiro atoms. The Morgan fingerprint density at radius 2 is 1.88 bits per heavy atom. The van der Waals surface area contributed by atoms with Crippen LogP contribution in [0, 0.1) is 28.8 Å². The summed E-state index contributed by atoms with van der Waals surface area (Å²) in [6.07, 6.45) is 1.23. The smallest absolute Gasteiger partial charge is 0.199 e. The van der Waals surface area contributed by atoms with Crippen molar-refractivity contribution in [2.75, 3.05) is 0 Å². The molecule has 3 aromatic rings. The van der Waals surface area contributed by atoms with Gasteiger partial charge in [0.2, 0.25) is 0 Å². The predicted molar refractivity (Wildman–Crippen MR) is 75.7 cm³/mol. The second-order valence-corrected chi connectivity index (χ2v) is 4.78. The number of carbonyl (C=O) groups excluding carboxylic acids is 1. The third-order valence-electron chi connectivity index (χ3n) is 3.28. The van der Waals surface area contributed by atoms with Crippen molar-refractivity contribution in [2.24, 2.45) is 0 Å². The summed E-state index contributed by atoms with van der Waals surface area (Å²) in [5, 5.41) is 18.0. The third kappa shape index (κ3) is 2.42. The van der Waals surface area contributed by atoms with E-state index in [9.17, 15) is 23.1 Å². The Labute approximate surface area is 132 Å². The Kier molecular flexibility index (Phi) is 3.62. The fraction of sp³-hybridized carbons (Fsp3) is 0. The highest BCUT2D eigenvalue weighted by Gasteiger charge is 2.25. The number of nitrogens with zero attached hydrogens (tertiary/aromatic N) is 3. The largest absolute Gasteiger partial charge is 0.505 e. The van der Waals surface area contributed by atoms with E-state index in [1.165, 1.54) is 24.4 Å². The fourth-order valence-corrected chi connectivity index (χ4v) is 2.14. The number of phenolic OH excluding ortho intramolecular Hbond substituents is 1. The van der Waals surface area contributed by atoms with Gasteiger partial charge in [0.1, 0.15) is 11.6 Å². The average molecular weight is 329 g/mol. The Morgan fingerprint density at radius 3 is 2.58 bits per heavy atom. The van der Waals surface area contributed by atoms with Crippen molar-refractivity contribution in [3.05, 3.63) is 64.7 Å². The normalized spacial score (nSPS) is 10.6. The molecule has 118 valence electrons. The Bertz CT molecular complexity index is 1020. The number of phenols is 1. The maximum absolute atomic E-state index is 13.9. The maximum atomic E-state index is 13.9. The van der Waals surface area contributed by atoms with Crippen molar-refractivity contribution in [1.29, 1.82) is 5.26 Å². The minimum Gasteiger partial charge on any atom is -0.505 e. The van der Waals surface area contributed by atoms with Gasteiger partial charge in [-0.3, -0.25) is 9.78 Å². The number of aromatic nitrogens is 2. The minimum absolute atomic E-state index is 0.00661. The van der Waals surface area contributed by atoms with Crippen LogP contribution in [0.25, 0.3) is 11.0 Å². The Morgan fingerprint density at radius 1 is 1.12 bits per heavy atom. The molecule has 1 aromatic heterocycles. The van der Waals surface area contributed by atoms with Crippen LogP contribution < -0.4 is 0 Å². The summed E-state index contributed by atoms with van der Waals surface area (Å²) in [6, 6.07) is 5.78. The number of rotatable bonds is 2. The van der Waals surface area contributed by atoms with E-state index in [0.29, 0.717) is 5.52 Å². The van der Waals surface area contributed by atoms with Crippen molar-refractivity contribution in [2.45, 2.75) is 0 Å². The van der Waals surface area contributed by atoms with Crippen LogP contribution in [0.15, 0.2) is 30.5 Å². The Hall–Kier alpha value is -3.47. The molecule has 0 aliphatic carbocycles. The molecule has 0 amide bonds. The van der Waals surface area contributed by atoms with Crippen LogP contribution >= 0.6 is 0 Å². The zero-order valence-corrected chi connectivity index (χ0v) is 11.7. The van der Waals surface area contributed by atoms with Gasteiger partial charge in [-0.05, 0) is 18.2 Å². The molecule has 3 rings (SSSR count). The summed E-state index contributed by atoms with van der Waals surface area (Å²) >= 11 is 0. The van der Waals surface area contributed by atoms with Crippen LogP contribution in [0.2, 0.25) is 0 Å². The molecule has 24 heavy (non-hydrogen) atoms. The number of fused-ring (bicyclic) bond motifs is 1. The minimum atomic E-state index is -1.70. The van der Waals surface area contributed by atoms with Crippen molar-refractivity contribution in [3.8, 4) is 11.8 Å². The number of hydrogen-bond acceptors (Lipinski definition) is 5. The first-order valence-corrected chi connectivity index (χ1v) is 6.50. The standard InChI is InChI=1S/C16H6F3N3O2/c17-9-4-12(23)15(19)13(14(9)18)16(24)7-1-2-10-11(3-7)22-8(5-20)6-21-10/h1-4,6,23H. The van der Waals surface area contributed by atoms with E-state index in [1.54, 1.807) is 6.07 Å². The lowest BCUT2D eigenvalue weighted by Crippen LogP contribution is -2.10. The molecule has 0 saturated heterocycles. The molecule has 0 aliphatic heterocycles. The van der Waals surface area contributed by atoms with Crippen molar-refractivity contribution in [1.82, 2.24) is 9.97 Å². The SMILES string of the molecule is N#Cc1cnc2ccc(C(=O)c3c(F)c(O)cc(F)c3F)cc2n1. The van der Waals surface area contributed by atoms with Crippen LogP contribution in [0.3, 0.4) is 0 Å². The summed E-state index contributed by atoms with van der Waals surface area (Å²) in [5.74, 6) is -7.16. The molecular formula is C16H6F3N3O2. The van der Waals surface area contributed by atoms with Gasteiger partial charge in [-0.1, -0.05) is 0 Å². The van der Waals surface area contributed by atoms with Crippen LogP contribution in [-0.2, 0) is 0 Å². The molecule has 8 heteroatoms. The van der Waals surface area contributed by atoms with Crippen LogP contribution in [0.5, 0.6) is 5.75 Å². The zero-order valence-electron chi connectivity index (χ0n) is 11.7. The number of nitriles is 1. The van der Waals surface area contributed by atoms with E-state index in [1.807, 2.05) is 0 Å². The van der Waals surface area contributed by atoms with E-state index in [-0.39, 0.29) is 22.8 Å².